The number of thioether (sulfide) groups is 1. The normalized spacial score (nSPS) is 18.3. The maximum Gasteiger partial charge on any atom is 0.262 e. The van der Waals surface area contributed by atoms with E-state index in [4.69, 9.17) is 10.00 Å². The summed E-state index contributed by atoms with van der Waals surface area (Å²) >= 11 is 1.65. The van der Waals surface area contributed by atoms with Gasteiger partial charge in [-0.15, -0.1) is 11.8 Å². The molecule has 1 saturated heterocycles. The Morgan fingerprint density at radius 2 is 2.29 bits per heavy atom. The summed E-state index contributed by atoms with van der Waals surface area (Å²) in [6.07, 6.45) is 5.68. The molecule has 0 radical (unpaired) electrons. The van der Waals surface area contributed by atoms with Crippen LogP contribution in [0.25, 0.3) is 6.08 Å². The van der Waals surface area contributed by atoms with Crippen molar-refractivity contribution < 1.29 is 9.53 Å². The lowest BCUT2D eigenvalue weighted by Crippen LogP contribution is -2.32. The zero-order chi connectivity index (χ0) is 15.1. The summed E-state index contributed by atoms with van der Waals surface area (Å²) in [5, 5.41) is 11.9. The first-order valence-electron chi connectivity index (χ1n) is 6.88. The van der Waals surface area contributed by atoms with Crippen LogP contribution < -0.4 is 5.32 Å². The maximum atomic E-state index is 12.0. The van der Waals surface area contributed by atoms with Crippen molar-refractivity contribution in [3.63, 3.8) is 0 Å². The van der Waals surface area contributed by atoms with Crippen LogP contribution in [0.1, 0.15) is 18.4 Å². The summed E-state index contributed by atoms with van der Waals surface area (Å²) < 4.78 is 5.44. The molecule has 110 valence electrons. The van der Waals surface area contributed by atoms with Gasteiger partial charge in [0.15, 0.2) is 0 Å². The summed E-state index contributed by atoms with van der Waals surface area (Å²) in [5.74, 6) is -0.345. The van der Waals surface area contributed by atoms with Crippen molar-refractivity contribution in [2.24, 2.45) is 0 Å². The second-order valence-electron chi connectivity index (χ2n) is 4.79. The van der Waals surface area contributed by atoms with E-state index in [1.807, 2.05) is 36.6 Å². The number of amides is 1. The Morgan fingerprint density at radius 3 is 2.86 bits per heavy atom. The van der Waals surface area contributed by atoms with Crippen molar-refractivity contribution in [2.75, 3.05) is 19.4 Å². The van der Waals surface area contributed by atoms with Crippen molar-refractivity contribution in [1.82, 2.24) is 5.32 Å². The molecule has 1 aromatic rings. The number of nitrogens with zero attached hydrogens (tertiary/aromatic N) is 1. The molecule has 0 aromatic heterocycles. The van der Waals surface area contributed by atoms with E-state index in [0.29, 0.717) is 6.54 Å². The lowest BCUT2D eigenvalue weighted by molar-refractivity contribution is -0.117. The highest BCUT2D eigenvalue weighted by Crippen LogP contribution is 2.16. The highest BCUT2D eigenvalue weighted by atomic mass is 32.2. The number of carbonyl (C=O) groups excluding carboxylic acids is 1. The van der Waals surface area contributed by atoms with E-state index in [2.05, 4.69) is 5.32 Å². The van der Waals surface area contributed by atoms with E-state index < -0.39 is 0 Å². The van der Waals surface area contributed by atoms with Gasteiger partial charge >= 0.3 is 0 Å². The Hall–Kier alpha value is -1.77. The molecular weight excluding hydrogens is 284 g/mol. The minimum Gasteiger partial charge on any atom is -0.376 e. The molecule has 1 aliphatic heterocycles. The number of rotatable bonds is 5. The average Bonchev–Trinajstić information content (AvgIpc) is 3.04. The van der Waals surface area contributed by atoms with Crippen LogP contribution in [0.15, 0.2) is 34.7 Å². The van der Waals surface area contributed by atoms with E-state index in [9.17, 15) is 4.79 Å². The smallest absolute Gasteiger partial charge is 0.262 e. The molecule has 1 aromatic carbocycles. The summed E-state index contributed by atoms with van der Waals surface area (Å²) in [4.78, 5) is 13.1. The lowest BCUT2D eigenvalue weighted by atomic mass is 10.1. The Balaban J connectivity index is 1.98. The third kappa shape index (κ3) is 4.62. The fourth-order valence-corrected chi connectivity index (χ4v) is 2.53. The third-order valence-corrected chi connectivity index (χ3v) is 4.05. The van der Waals surface area contributed by atoms with Gasteiger partial charge in [0.1, 0.15) is 11.6 Å². The van der Waals surface area contributed by atoms with E-state index in [-0.39, 0.29) is 17.6 Å². The molecule has 1 aliphatic rings. The summed E-state index contributed by atoms with van der Waals surface area (Å²) in [6.45, 7) is 1.21. The molecule has 1 N–H and O–H groups in total. The number of hydrogen-bond acceptors (Lipinski definition) is 4. The molecular formula is C16H18N2O2S. The number of ether oxygens (including phenoxy) is 1. The molecule has 0 saturated carbocycles. The van der Waals surface area contributed by atoms with Crippen LogP contribution in [0, 0.1) is 11.3 Å². The van der Waals surface area contributed by atoms with Gasteiger partial charge in [-0.25, -0.2) is 0 Å². The maximum absolute atomic E-state index is 12.0. The standard InChI is InChI=1S/C16H18N2O2S/c1-21-15-6-4-12(5-7-15)9-13(10-17)16(19)18-11-14-3-2-8-20-14/h4-7,9,14H,2-3,8,11H2,1H3,(H,18,19). The highest BCUT2D eigenvalue weighted by molar-refractivity contribution is 7.98. The van der Waals surface area contributed by atoms with Crippen LogP contribution in [0.3, 0.4) is 0 Å². The van der Waals surface area contributed by atoms with Gasteiger partial charge in [0.25, 0.3) is 5.91 Å². The fraction of sp³-hybridized carbons (Fsp3) is 0.375. The molecule has 5 heteroatoms. The largest absolute Gasteiger partial charge is 0.376 e. The van der Waals surface area contributed by atoms with Crippen LogP contribution in [0.4, 0.5) is 0 Å². The molecule has 2 rings (SSSR count). The zero-order valence-corrected chi connectivity index (χ0v) is 12.8. The number of nitriles is 1. The second-order valence-corrected chi connectivity index (χ2v) is 5.67. The van der Waals surface area contributed by atoms with Gasteiger partial charge in [-0.3, -0.25) is 4.79 Å². The van der Waals surface area contributed by atoms with Gasteiger partial charge in [0.05, 0.1) is 6.10 Å². The van der Waals surface area contributed by atoms with Crippen molar-refractivity contribution in [2.45, 2.75) is 23.8 Å². The first-order valence-corrected chi connectivity index (χ1v) is 8.11. The Morgan fingerprint density at radius 1 is 1.52 bits per heavy atom. The van der Waals surface area contributed by atoms with E-state index >= 15 is 0 Å². The van der Waals surface area contributed by atoms with Crippen molar-refractivity contribution >= 4 is 23.7 Å². The van der Waals surface area contributed by atoms with E-state index in [0.717, 1.165) is 29.9 Å². The van der Waals surface area contributed by atoms with Gasteiger partial charge in [-0.05, 0) is 42.9 Å². The predicted octanol–water partition coefficient (Wildman–Crippen LogP) is 2.61. The molecule has 0 spiro atoms. The van der Waals surface area contributed by atoms with Gasteiger partial charge in [-0.2, -0.15) is 5.26 Å². The molecule has 0 aliphatic carbocycles. The predicted molar refractivity (Wildman–Crippen MR) is 83.8 cm³/mol. The first kappa shape index (κ1) is 15.6. The zero-order valence-electron chi connectivity index (χ0n) is 12.0. The molecule has 1 atom stereocenters. The first-order chi connectivity index (χ1) is 10.2. The third-order valence-electron chi connectivity index (χ3n) is 3.31. The second kappa shape index (κ2) is 7.87. The number of nitrogens with one attached hydrogen (secondary N) is 1. The molecule has 0 bridgehead atoms. The topological polar surface area (TPSA) is 62.1 Å². The summed E-state index contributed by atoms with van der Waals surface area (Å²) in [6, 6.07) is 9.69. The Bertz CT molecular complexity index is 555. The van der Waals surface area contributed by atoms with Crippen molar-refractivity contribution in [1.29, 1.82) is 5.26 Å². The Labute approximate surface area is 129 Å². The van der Waals surface area contributed by atoms with Crippen LogP contribution >= 0.6 is 11.8 Å². The number of benzene rings is 1. The molecule has 4 nitrogen and oxygen atoms in total. The van der Waals surface area contributed by atoms with Gasteiger partial charge < -0.3 is 10.1 Å². The highest BCUT2D eigenvalue weighted by Gasteiger charge is 2.17. The molecule has 1 unspecified atom stereocenters. The van der Waals surface area contributed by atoms with Crippen molar-refractivity contribution in [3.05, 3.63) is 35.4 Å². The Kier molecular flexibility index (Phi) is 5.85. The van der Waals surface area contributed by atoms with Crippen molar-refractivity contribution in [3.8, 4) is 6.07 Å². The SMILES string of the molecule is CSc1ccc(C=C(C#N)C(=O)NCC2CCCO2)cc1. The van der Waals surface area contributed by atoms with Crippen LogP contribution in [-0.4, -0.2) is 31.4 Å². The van der Waals surface area contributed by atoms with Gasteiger partial charge in [-0.1, -0.05) is 12.1 Å². The number of carbonyl (C=O) groups is 1. The molecule has 21 heavy (non-hydrogen) atoms. The van der Waals surface area contributed by atoms with Crippen LogP contribution in [0.2, 0.25) is 0 Å². The van der Waals surface area contributed by atoms with Gasteiger partial charge in [0.2, 0.25) is 0 Å². The summed E-state index contributed by atoms with van der Waals surface area (Å²) in [5.41, 5.74) is 0.960. The minimum atomic E-state index is -0.345. The van der Waals surface area contributed by atoms with Crippen LogP contribution in [-0.2, 0) is 9.53 Å². The van der Waals surface area contributed by atoms with Gasteiger partial charge in [0, 0.05) is 18.0 Å². The minimum absolute atomic E-state index is 0.0785. The monoisotopic (exact) mass is 302 g/mol. The van der Waals surface area contributed by atoms with E-state index in [1.54, 1.807) is 17.8 Å². The van der Waals surface area contributed by atoms with E-state index in [1.165, 1.54) is 0 Å². The molecule has 1 amide bonds. The molecule has 1 heterocycles. The fourth-order valence-electron chi connectivity index (χ4n) is 2.12. The lowest BCUT2D eigenvalue weighted by Gasteiger charge is -2.10. The summed E-state index contributed by atoms with van der Waals surface area (Å²) in [7, 11) is 0. The van der Waals surface area contributed by atoms with Crippen LogP contribution in [0.5, 0.6) is 0 Å². The molecule has 1 fully saturated rings. The average molecular weight is 302 g/mol. The quantitative estimate of drug-likeness (QED) is 0.516. The number of hydrogen-bond donors (Lipinski definition) is 1.